The molecule has 1 fully saturated rings. The minimum Gasteiger partial charge on any atom is -0.508 e. The molecule has 1 aliphatic rings. The summed E-state index contributed by atoms with van der Waals surface area (Å²) in [7, 11) is 1.99. The second-order valence-electron chi connectivity index (χ2n) is 5.85. The van der Waals surface area contributed by atoms with Crippen molar-refractivity contribution in [2.75, 3.05) is 6.54 Å². The van der Waals surface area contributed by atoms with E-state index in [2.05, 4.69) is 23.1 Å². The first-order valence-electron chi connectivity index (χ1n) is 7.71. The normalized spacial score (nSPS) is 19.2. The van der Waals surface area contributed by atoms with Gasteiger partial charge in [-0.1, -0.05) is 19.1 Å². The highest BCUT2D eigenvalue weighted by molar-refractivity contribution is 5.29. The number of aryl methyl sites for hydroxylation is 2. The van der Waals surface area contributed by atoms with E-state index >= 15 is 0 Å². The number of benzene rings is 1. The fourth-order valence-electron chi connectivity index (χ4n) is 3.32. The molecule has 1 saturated heterocycles. The zero-order valence-electron chi connectivity index (χ0n) is 12.8. The molecule has 0 unspecified atom stereocenters. The molecule has 4 nitrogen and oxygen atoms in total. The molecule has 21 heavy (non-hydrogen) atoms. The van der Waals surface area contributed by atoms with E-state index in [1.54, 1.807) is 12.1 Å². The van der Waals surface area contributed by atoms with E-state index < -0.39 is 0 Å². The lowest BCUT2D eigenvalue weighted by molar-refractivity contribution is 0.247. The number of hydrogen-bond donors (Lipinski definition) is 1. The lowest BCUT2D eigenvalue weighted by Crippen LogP contribution is -2.23. The molecule has 2 heterocycles. The van der Waals surface area contributed by atoms with Crippen LogP contribution in [0.1, 0.15) is 42.6 Å². The first kappa shape index (κ1) is 14.1. The molecule has 112 valence electrons. The molecule has 4 heteroatoms. The summed E-state index contributed by atoms with van der Waals surface area (Å²) in [4.78, 5) is 2.53. The number of nitrogens with zero attached hydrogens (tertiary/aromatic N) is 3. The number of rotatable bonds is 4. The SMILES string of the molecule is CCc1nn(C)cc1CN1CCC[C@H]1c1ccc(O)cc1. The van der Waals surface area contributed by atoms with Gasteiger partial charge in [0.05, 0.1) is 5.69 Å². The highest BCUT2D eigenvalue weighted by Crippen LogP contribution is 2.34. The second kappa shape index (κ2) is 5.90. The van der Waals surface area contributed by atoms with Gasteiger partial charge in [0, 0.05) is 31.4 Å². The Hall–Kier alpha value is -1.81. The fourth-order valence-corrected chi connectivity index (χ4v) is 3.32. The predicted molar refractivity (Wildman–Crippen MR) is 83.1 cm³/mol. The molecule has 1 atom stereocenters. The van der Waals surface area contributed by atoms with Crippen molar-refractivity contribution >= 4 is 0 Å². The summed E-state index contributed by atoms with van der Waals surface area (Å²) in [6.07, 6.45) is 5.54. The Morgan fingerprint density at radius 1 is 1.29 bits per heavy atom. The van der Waals surface area contributed by atoms with Crippen LogP contribution in [0.2, 0.25) is 0 Å². The second-order valence-corrected chi connectivity index (χ2v) is 5.85. The monoisotopic (exact) mass is 285 g/mol. The maximum Gasteiger partial charge on any atom is 0.115 e. The summed E-state index contributed by atoms with van der Waals surface area (Å²) in [6.45, 7) is 4.25. The number of hydrogen-bond acceptors (Lipinski definition) is 3. The molecule has 0 bridgehead atoms. The Morgan fingerprint density at radius 3 is 2.76 bits per heavy atom. The highest BCUT2D eigenvalue weighted by atomic mass is 16.3. The molecular formula is C17H23N3O. The summed E-state index contributed by atoms with van der Waals surface area (Å²) in [5.41, 5.74) is 3.84. The summed E-state index contributed by atoms with van der Waals surface area (Å²) in [5.74, 6) is 0.337. The summed E-state index contributed by atoms with van der Waals surface area (Å²) in [5, 5.41) is 14.0. The van der Waals surface area contributed by atoms with E-state index in [-0.39, 0.29) is 0 Å². The van der Waals surface area contributed by atoms with Crippen LogP contribution in [0.3, 0.4) is 0 Å². The number of aromatic hydroxyl groups is 1. The van der Waals surface area contributed by atoms with Gasteiger partial charge in [0.1, 0.15) is 5.75 Å². The molecule has 1 aliphatic heterocycles. The molecule has 0 radical (unpaired) electrons. The maximum absolute atomic E-state index is 9.45. The summed E-state index contributed by atoms with van der Waals surface area (Å²) >= 11 is 0. The van der Waals surface area contributed by atoms with Gasteiger partial charge in [0.2, 0.25) is 0 Å². The van der Waals surface area contributed by atoms with Crippen LogP contribution in [0.4, 0.5) is 0 Å². The van der Waals surface area contributed by atoms with Gasteiger partial charge in [-0.05, 0) is 43.5 Å². The molecule has 0 aliphatic carbocycles. The average molecular weight is 285 g/mol. The first-order valence-corrected chi connectivity index (χ1v) is 7.71. The minimum atomic E-state index is 0.337. The first-order chi connectivity index (χ1) is 10.2. The summed E-state index contributed by atoms with van der Waals surface area (Å²) < 4.78 is 1.92. The lowest BCUT2D eigenvalue weighted by Gasteiger charge is -2.24. The van der Waals surface area contributed by atoms with Crippen LogP contribution in [0.5, 0.6) is 5.75 Å². The molecular weight excluding hydrogens is 262 g/mol. The third-order valence-corrected chi connectivity index (χ3v) is 4.34. The van der Waals surface area contributed by atoms with Crippen LogP contribution in [0, 0.1) is 0 Å². The van der Waals surface area contributed by atoms with Gasteiger partial charge < -0.3 is 5.11 Å². The van der Waals surface area contributed by atoms with Crippen LogP contribution in [-0.2, 0) is 20.0 Å². The van der Waals surface area contributed by atoms with Crippen molar-refractivity contribution in [2.24, 2.45) is 7.05 Å². The molecule has 0 spiro atoms. The van der Waals surface area contributed by atoms with Gasteiger partial charge in [-0.2, -0.15) is 5.10 Å². The van der Waals surface area contributed by atoms with Crippen molar-refractivity contribution in [1.82, 2.24) is 14.7 Å². The summed E-state index contributed by atoms with van der Waals surface area (Å²) in [6, 6.07) is 8.11. The number of aromatic nitrogens is 2. The molecule has 1 N–H and O–H groups in total. The van der Waals surface area contributed by atoms with Crippen molar-refractivity contribution in [2.45, 2.75) is 38.8 Å². The van der Waals surface area contributed by atoms with Gasteiger partial charge in [-0.25, -0.2) is 0 Å². The molecule has 1 aromatic heterocycles. The van der Waals surface area contributed by atoms with E-state index in [9.17, 15) is 5.11 Å². The Morgan fingerprint density at radius 2 is 2.05 bits per heavy atom. The zero-order chi connectivity index (χ0) is 14.8. The smallest absolute Gasteiger partial charge is 0.115 e. The quantitative estimate of drug-likeness (QED) is 0.939. The van der Waals surface area contributed by atoms with Crippen LogP contribution in [0.25, 0.3) is 0 Å². The Kier molecular flexibility index (Phi) is 3.97. The molecule has 1 aromatic carbocycles. The third kappa shape index (κ3) is 2.95. The van der Waals surface area contributed by atoms with Crippen LogP contribution in [-0.4, -0.2) is 26.3 Å². The van der Waals surface area contributed by atoms with Crippen LogP contribution < -0.4 is 0 Å². The highest BCUT2D eigenvalue weighted by Gasteiger charge is 2.26. The topological polar surface area (TPSA) is 41.3 Å². The van der Waals surface area contributed by atoms with Crippen molar-refractivity contribution in [3.05, 3.63) is 47.3 Å². The van der Waals surface area contributed by atoms with E-state index in [1.807, 2.05) is 23.9 Å². The van der Waals surface area contributed by atoms with Gasteiger partial charge in [-0.15, -0.1) is 0 Å². The van der Waals surface area contributed by atoms with Crippen LogP contribution >= 0.6 is 0 Å². The molecule has 0 amide bonds. The Bertz CT molecular complexity index is 603. The largest absolute Gasteiger partial charge is 0.508 e. The standard InChI is InChI=1S/C17H23N3O/c1-3-16-14(11-19(2)18-16)12-20-10-4-5-17(20)13-6-8-15(21)9-7-13/h6-9,11,17,21H,3-5,10,12H2,1-2H3/t17-/m0/s1. The van der Waals surface area contributed by atoms with Gasteiger partial charge in [0.25, 0.3) is 0 Å². The molecule has 3 rings (SSSR count). The van der Waals surface area contributed by atoms with Gasteiger partial charge >= 0.3 is 0 Å². The Balaban J connectivity index is 1.79. The van der Waals surface area contributed by atoms with Crippen molar-refractivity contribution in [3.8, 4) is 5.75 Å². The Labute approximate surface area is 126 Å². The van der Waals surface area contributed by atoms with Gasteiger partial charge in [0.15, 0.2) is 0 Å². The number of phenolic OH excluding ortho intramolecular Hbond substituents is 1. The van der Waals surface area contributed by atoms with E-state index in [0.717, 1.165) is 19.5 Å². The third-order valence-electron chi connectivity index (χ3n) is 4.34. The predicted octanol–water partition coefficient (Wildman–Crippen LogP) is 3.03. The van der Waals surface area contributed by atoms with Crippen molar-refractivity contribution in [1.29, 1.82) is 0 Å². The molecule has 0 saturated carbocycles. The van der Waals surface area contributed by atoms with Crippen molar-refractivity contribution in [3.63, 3.8) is 0 Å². The average Bonchev–Trinajstić information content (AvgIpc) is 3.07. The fraction of sp³-hybridized carbons (Fsp3) is 0.471. The van der Waals surface area contributed by atoms with Crippen molar-refractivity contribution < 1.29 is 5.11 Å². The van der Waals surface area contributed by atoms with E-state index in [4.69, 9.17) is 0 Å². The minimum absolute atomic E-state index is 0.337. The number of likely N-dealkylation sites (tertiary alicyclic amines) is 1. The van der Waals surface area contributed by atoms with Crippen LogP contribution in [0.15, 0.2) is 30.5 Å². The maximum atomic E-state index is 9.45. The molecule has 2 aromatic rings. The van der Waals surface area contributed by atoms with E-state index in [1.165, 1.54) is 29.7 Å². The lowest BCUT2D eigenvalue weighted by atomic mass is 10.0. The zero-order valence-corrected chi connectivity index (χ0v) is 12.8. The number of phenols is 1. The van der Waals surface area contributed by atoms with E-state index in [0.29, 0.717) is 11.8 Å². The van der Waals surface area contributed by atoms with Gasteiger partial charge in [-0.3, -0.25) is 9.58 Å².